The molecule has 2 heteroatoms. The Morgan fingerprint density at radius 3 is 2.54 bits per heavy atom. The zero-order valence-corrected chi connectivity index (χ0v) is 7.52. The predicted molar refractivity (Wildman–Crippen MR) is 50.4 cm³/mol. The summed E-state index contributed by atoms with van der Waals surface area (Å²) in [6, 6.07) is 10.6. The average Bonchev–Trinajstić information content (AvgIpc) is 2.76. The fourth-order valence-corrected chi connectivity index (χ4v) is 2.05. The third kappa shape index (κ3) is 1.47. The summed E-state index contributed by atoms with van der Waals surface area (Å²) in [6.07, 6.45) is 1.12. The minimum Gasteiger partial charge on any atom is -0.367 e. The van der Waals surface area contributed by atoms with Crippen LogP contribution in [0.4, 0.5) is 0 Å². The first-order valence-corrected chi connectivity index (χ1v) is 4.83. The Kier molecular flexibility index (Phi) is 1.64. The molecule has 2 saturated heterocycles. The number of epoxide rings is 1. The van der Waals surface area contributed by atoms with Crippen molar-refractivity contribution in [1.29, 1.82) is 0 Å². The molecule has 0 aliphatic carbocycles. The standard InChI is InChI=1S/C11H13NO/c1-2-4-9(5-3-1)6-12-7-10-11(8-12)13-10/h1-5,10-11H,6-8H2/t10-,11-/m0/s1. The van der Waals surface area contributed by atoms with Crippen LogP contribution < -0.4 is 0 Å². The van der Waals surface area contributed by atoms with E-state index in [1.165, 1.54) is 5.56 Å². The number of fused-ring (bicyclic) bond motifs is 1. The van der Waals surface area contributed by atoms with Gasteiger partial charge < -0.3 is 4.74 Å². The van der Waals surface area contributed by atoms with Gasteiger partial charge in [-0.15, -0.1) is 0 Å². The molecule has 0 N–H and O–H groups in total. The Labute approximate surface area is 78.1 Å². The molecule has 0 spiro atoms. The fraction of sp³-hybridized carbons (Fsp3) is 0.455. The van der Waals surface area contributed by atoms with Crippen LogP contribution in [-0.2, 0) is 11.3 Å². The van der Waals surface area contributed by atoms with Crippen LogP contribution in [0.15, 0.2) is 30.3 Å². The van der Waals surface area contributed by atoms with Gasteiger partial charge in [-0.2, -0.15) is 0 Å². The molecule has 2 aliphatic rings. The number of likely N-dealkylation sites (tertiary alicyclic amines) is 1. The Morgan fingerprint density at radius 1 is 1.15 bits per heavy atom. The predicted octanol–water partition coefficient (Wildman–Crippen LogP) is 1.27. The Morgan fingerprint density at radius 2 is 1.85 bits per heavy atom. The van der Waals surface area contributed by atoms with Gasteiger partial charge in [0.05, 0.1) is 12.2 Å². The summed E-state index contributed by atoms with van der Waals surface area (Å²) in [5.41, 5.74) is 1.41. The topological polar surface area (TPSA) is 15.8 Å². The van der Waals surface area contributed by atoms with Crippen LogP contribution in [0.25, 0.3) is 0 Å². The van der Waals surface area contributed by atoms with Gasteiger partial charge in [0, 0.05) is 19.6 Å². The van der Waals surface area contributed by atoms with Crippen molar-refractivity contribution in [3.8, 4) is 0 Å². The van der Waals surface area contributed by atoms with Crippen LogP contribution in [0.5, 0.6) is 0 Å². The fourth-order valence-electron chi connectivity index (χ4n) is 2.05. The number of ether oxygens (including phenoxy) is 1. The van der Waals surface area contributed by atoms with Gasteiger partial charge in [-0.05, 0) is 5.56 Å². The molecular formula is C11H13NO. The molecule has 0 amide bonds. The lowest BCUT2D eigenvalue weighted by Gasteiger charge is -2.16. The van der Waals surface area contributed by atoms with Crippen LogP contribution in [0.1, 0.15) is 5.56 Å². The molecule has 2 nitrogen and oxygen atoms in total. The second-order valence-corrected chi connectivity index (χ2v) is 3.89. The second-order valence-electron chi connectivity index (χ2n) is 3.89. The third-order valence-corrected chi connectivity index (χ3v) is 2.81. The van der Waals surface area contributed by atoms with Crippen molar-refractivity contribution in [1.82, 2.24) is 4.90 Å². The van der Waals surface area contributed by atoms with E-state index in [9.17, 15) is 0 Å². The van der Waals surface area contributed by atoms with Crippen molar-refractivity contribution in [2.75, 3.05) is 13.1 Å². The van der Waals surface area contributed by atoms with Gasteiger partial charge >= 0.3 is 0 Å². The van der Waals surface area contributed by atoms with Crippen molar-refractivity contribution in [2.45, 2.75) is 18.8 Å². The van der Waals surface area contributed by atoms with Gasteiger partial charge in [-0.3, -0.25) is 4.90 Å². The lowest BCUT2D eigenvalue weighted by molar-refractivity contribution is 0.198. The smallest absolute Gasteiger partial charge is 0.0981 e. The molecular weight excluding hydrogens is 162 g/mol. The number of rotatable bonds is 2. The van der Waals surface area contributed by atoms with Crippen LogP contribution >= 0.6 is 0 Å². The average molecular weight is 175 g/mol. The van der Waals surface area contributed by atoms with Gasteiger partial charge in [0.15, 0.2) is 0 Å². The molecule has 0 radical (unpaired) electrons. The number of hydrogen-bond donors (Lipinski definition) is 0. The lowest BCUT2D eigenvalue weighted by Crippen LogP contribution is -2.23. The molecule has 2 aliphatic heterocycles. The second kappa shape index (κ2) is 2.82. The third-order valence-electron chi connectivity index (χ3n) is 2.81. The van der Waals surface area contributed by atoms with E-state index in [0.717, 1.165) is 19.6 Å². The minimum atomic E-state index is 0.559. The largest absolute Gasteiger partial charge is 0.367 e. The monoisotopic (exact) mass is 175 g/mol. The van der Waals surface area contributed by atoms with Crippen molar-refractivity contribution in [3.63, 3.8) is 0 Å². The normalized spacial score (nSPS) is 31.7. The first-order chi connectivity index (χ1) is 6.42. The molecule has 13 heavy (non-hydrogen) atoms. The quantitative estimate of drug-likeness (QED) is 0.629. The Hall–Kier alpha value is -0.860. The molecule has 1 aromatic carbocycles. The number of nitrogens with zero attached hydrogens (tertiary/aromatic N) is 1. The Balaban J connectivity index is 1.63. The SMILES string of the molecule is c1ccc(CN2C[C@@H]3O[C@H]3C2)cc1. The van der Waals surface area contributed by atoms with E-state index in [1.807, 2.05) is 0 Å². The van der Waals surface area contributed by atoms with E-state index in [0.29, 0.717) is 12.2 Å². The van der Waals surface area contributed by atoms with E-state index in [1.54, 1.807) is 0 Å². The van der Waals surface area contributed by atoms with E-state index >= 15 is 0 Å². The molecule has 2 heterocycles. The van der Waals surface area contributed by atoms with E-state index in [4.69, 9.17) is 4.74 Å². The summed E-state index contributed by atoms with van der Waals surface area (Å²) in [7, 11) is 0. The minimum absolute atomic E-state index is 0.559. The number of morpholine rings is 1. The molecule has 0 saturated carbocycles. The highest BCUT2D eigenvalue weighted by Crippen LogP contribution is 2.31. The molecule has 2 atom stereocenters. The highest BCUT2D eigenvalue weighted by atomic mass is 16.6. The van der Waals surface area contributed by atoms with Crippen molar-refractivity contribution < 1.29 is 4.74 Å². The number of hydrogen-bond acceptors (Lipinski definition) is 2. The molecule has 0 unspecified atom stereocenters. The van der Waals surface area contributed by atoms with Gasteiger partial charge in [0.2, 0.25) is 0 Å². The van der Waals surface area contributed by atoms with Gasteiger partial charge in [-0.1, -0.05) is 30.3 Å². The molecule has 2 fully saturated rings. The maximum Gasteiger partial charge on any atom is 0.0981 e. The first kappa shape index (κ1) is 7.54. The van der Waals surface area contributed by atoms with Crippen LogP contribution in [0, 0.1) is 0 Å². The van der Waals surface area contributed by atoms with Gasteiger partial charge in [-0.25, -0.2) is 0 Å². The van der Waals surface area contributed by atoms with Gasteiger partial charge in [0.1, 0.15) is 0 Å². The summed E-state index contributed by atoms with van der Waals surface area (Å²) >= 11 is 0. The van der Waals surface area contributed by atoms with Crippen LogP contribution in [0.3, 0.4) is 0 Å². The zero-order valence-electron chi connectivity index (χ0n) is 7.52. The number of benzene rings is 1. The summed E-state index contributed by atoms with van der Waals surface area (Å²) in [5.74, 6) is 0. The lowest BCUT2D eigenvalue weighted by atomic mass is 10.2. The summed E-state index contributed by atoms with van der Waals surface area (Å²) in [5, 5.41) is 0. The van der Waals surface area contributed by atoms with E-state index in [-0.39, 0.29) is 0 Å². The molecule has 0 aromatic heterocycles. The highest BCUT2D eigenvalue weighted by molar-refractivity contribution is 5.15. The molecule has 1 aromatic rings. The highest BCUT2D eigenvalue weighted by Gasteiger charge is 2.46. The maximum absolute atomic E-state index is 5.38. The van der Waals surface area contributed by atoms with E-state index < -0.39 is 0 Å². The summed E-state index contributed by atoms with van der Waals surface area (Å²) < 4.78 is 5.38. The summed E-state index contributed by atoms with van der Waals surface area (Å²) in [4.78, 5) is 2.47. The maximum atomic E-state index is 5.38. The van der Waals surface area contributed by atoms with E-state index in [2.05, 4.69) is 35.2 Å². The Bertz CT molecular complexity index is 288. The van der Waals surface area contributed by atoms with Crippen molar-refractivity contribution >= 4 is 0 Å². The van der Waals surface area contributed by atoms with Crippen molar-refractivity contribution in [2.24, 2.45) is 0 Å². The van der Waals surface area contributed by atoms with Crippen LogP contribution in [-0.4, -0.2) is 30.2 Å². The van der Waals surface area contributed by atoms with Crippen LogP contribution in [0.2, 0.25) is 0 Å². The zero-order chi connectivity index (χ0) is 8.67. The van der Waals surface area contributed by atoms with Crippen molar-refractivity contribution in [3.05, 3.63) is 35.9 Å². The molecule has 0 bridgehead atoms. The molecule has 68 valence electrons. The molecule has 3 rings (SSSR count). The van der Waals surface area contributed by atoms with Gasteiger partial charge in [0.25, 0.3) is 0 Å². The summed E-state index contributed by atoms with van der Waals surface area (Å²) in [6.45, 7) is 3.33. The first-order valence-electron chi connectivity index (χ1n) is 4.83.